The van der Waals surface area contributed by atoms with Crippen LogP contribution in [0.15, 0.2) is 0 Å². The molecule has 1 N–H and O–H groups in total. The molecule has 0 saturated carbocycles. The van der Waals surface area contributed by atoms with E-state index < -0.39 is 0 Å². The summed E-state index contributed by atoms with van der Waals surface area (Å²) in [4.78, 5) is 0. The topological polar surface area (TPSA) is 20.2 Å². The minimum Gasteiger partial charge on any atom is -0.396 e. The van der Waals surface area contributed by atoms with Gasteiger partial charge in [-0.05, 0) is 6.42 Å². The first-order valence-electron chi connectivity index (χ1n) is 2.02. The molecule has 0 spiro atoms. The Morgan fingerprint density at radius 3 is 2.00 bits per heavy atom. The maximum Gasteiger partial charge on any atom is 0.0430 e. The van der Waals surface area contributed by atoms with Crippen molar-refractivity contribution in [1.29, 1.82) is 0 Å². The fraction of sp³-hybridized carbons (Fsp3) is 1.00. The van der Waals surface area contributed by atoms with Crippen molar-refractivity contribution in [2.75, 3.05) is 6.61 Å². The Bertz CT molecular complexity index is 15.0. The van der Waals surface area contributed by atoms with Crippen LogP contribution in [0.25, 0.3) is 0 Å². The van der Waals surface area contributed by atoms with Crippen molar-refractivity contribution in [3.05, 3.63) is 0 Å². The molecular weight excluding hydrogens is 103 g/mol. The first kappa shape index (κ1) is 10.6. The van der Waals surface area contributed by atoms with Gasteiger partial charge < -0.3 is 5.11 Å². The number of unbranched alkanes of at least 4 members (excludes halogenated alkanes) is 1. The van der Waals surface area contributed by atoms with Gasteiger partial charge in [0, 0.05) is 58.0 Å². The quantitative estimate of drug-likeness (QED) is 0.514. The molecule has 6 heavy (non-hydrogen) atoms. The van der Waals surface area contributed by atoms with E-state index in [-0.39, 0.29) is 51.4 Å². The van der Waals surface area contributed by atoms with E-state index in [0.717, 1.165) is 12.8 Å². The zero-order valence-electron chi connectivity index (χ0n) is 4.57. The molecule has 0 aromatic carbocycles. The Balaban J connectivity index is 0. The molecule has 0 aromatic rings. The van der Waals surface area contributed by atoms with Crippen molar-refractivity contribution in [1.82, 2.24) is 0 Å². The van der Waals surface area contributed by atoms with E-state index >= 15 is 0 Å². The largest absolute Gasteiger partial charge is 0.396 e. The Hall–Kier alpha value is 1.60. The summed E-state index contributed by atoms with van der Waals surface area (Å²) in [6.07, 6.45) is 2.04. The average molecular weight is 113 g/mol. The SMILES string of the molecule is CCCCO.[K]. The maximum absolute atomic E-state index is 8.07. The monoisotopic (exact) mass is 113 g/mol. The van der Waals surface area contributed by atoms with Gasteiger partial charge in [-0.15, -0.1) is 0 Å². The van der Waals surface area contributed by atoms with Crippen molar-refractivity contribution in [2.45, 2.75) is 19.8 Å². The Kier molecular flexibility index (Phi) is 17.2. The van der Waals surface area contributed by atoms with E-state index in [4.69, 9.17) is 5.11 Å². The molecule has 2 heteroatoms. The van der Waals surface area contributed by atoms with Crippen molar-refractivity contribution in [2.24, 2.45) is 0 Å². The predicted molar refractivity (Wildman–Crippen MR) is 27.7 cm³/mol. The Morgan fingerprint density at radius 1 is 1.50 bits per heavy atom. The van der Waals surface area contributed by atoms with Crippen molar-refractivity contribution < 1.29 is 5.11 Å². The van der Waals surface area contributed by atoms with Gasteiger partial charge in [0.15, 0.2) is 0 Å². The molecule has 0 unspecified atom stereocenters. The molecule has 33 valence electrons. The maximum atomic E-state index is 8.07. The molecule has 0 bridgehead atoms. The van der Waals surface area contributed by atoms with Crippen LogP contribution in [-0.2, 0) is 0 Å². The van der Waals surface area contributed by atoms with Crippen LogP contribution >= 0.6 is 0 Å². The standard InChI is InChI=1S/C4H10O.K/c1-2-3-4-5;/h5H,2-4H2,1H3;. The summed E-state index contributed by atoms with van der Waals surface area (Å²) < 4.78 is 0. The molecule has 0 aliphatic rings. The van der Waals surface area contributed by atoms with Crippen molar-refractivity contribution in [3.63, 3.8) is 0 Å². The molecule has 0 amide bonds. The van der Waals surface area contributed by atoms with Crippen LogP contribution in [0.1, 0.15) is 19.8 Å². The van der Waals surface area contributed by atoms with Gasteiger partial charge in [-0.2, -0.15) is 0 Å². The first-order chi connectivity index (χ1) is 2.41. The van der Waals surface area contributed by atoms with Crippen LogP contribution in [0, 0.1) is 0 Å². The summed E-state index contributed by atoms with van der Waals surface area (Å²) in [5, 5.41) is 8.07. The fourth-order valence-corrected chi connectivity index (χ4v) is 0.158. The summed E-state index contributed by atoms with van der Waals surface area (Å²) >= 11 is 0. The smallest absolute Gasteiger partial charge is 0.0430 e. The molecule has 0 heterocycles. The molecule has 0 rings (SSSR count). The van der Waals surface area contributed by atoms with Gasteiger partial charge in [-0.1, -0.05) is 13.3 Å². The molecular formula is C4H10KO. The van der Waals surface area contributed by atoms with Gasteiger partial charge in [-0.3, -0.25) is 0 Å². The molecule has 0 aliphatic heterocycles. The number of rotatable bonds is 2. The van der Waals surface area contributed by atoms with Gasteiger partial charge >= 0.3 is 0 Å². The van der Waals surface area contributed by atoms with Crippen LogP contribution in [-0.4, -0.2) is 63.1 Å². The number of aliphatic hydroxyl groups excluding tert-OH is 1. The Labute approximate surface area is 81.6 Å². The van der Waals surface area contributed by atoms with E-state index in [9.17, 15) is 0 Å². The third-order valence-electron chi connectivity index (χ3n) is 0.512. The van der Waals surface area contributed by atoms with Crippen LogP contribution < -0.4 is 0 Å². The molecule has 0 aromatic heterocycles. The van der Waals surface area contributed by atoms with Gasteiger partial charge in [-0.25, -0.2) is 0 Å². The number of hydrogen-bond acceptors (Lipinski definition) is 1. The summed E-state index contributed by atoms with van der Waals surface area (Å²) in [7, 11) is 0. The molecule has 1 radical (unpaired) electrons. The average Bonchev–Trinajstić information content (AvgIpc) is 1.41. The van der Waals surface area contributed by atoms with Crippen molar-refractivity contribution >= 4 is 51.4 Å². The van der Waals surface area contributed by atoms with Crippen LogP contribution in [0.5, 0.6) is 0 Å². The number of aliphatic hydroxyl groups is 1. The molecule has 0 aliphatic carbocycles. The van der Waals surface area contributed by atoms with Gasteiger partial charge in [0.05, 0.1) is 0 Å². The van der Waals surface area contributed by atoms with E-state index in [1.54, 1.807) is 0 Å². The van der Waals surface area contributed by atoms with Crippen LogP contribution in [0.3, 0.4) is 0 Å². The van der Waals surface area contributed by atoms with Gasteiger partial charge in [0.2, 0.25) is 0 Å². The molecule has 0 fully saturated rings. The third-order valence-corrected chi connectivity index (χ3v) is 0.512. The summed E-state index contributed by atoms with van der Waals surface area (Å²) in [6, 6.07) is 0. The van der Waals surface area contributed by atoms with Crippen LogP contribution in [0.2, 0.25) is 0 Å². The van der Waals surface area contributed by atoms with Crippen molar-refractivity contribution in [3.8, 4) is 0 Å². The minimum absolute atomic E-state index is 0. The van der Waals surface area contributed by atoms with E-state index in [2.05, 4.69) is 6.92 Å². The second kappa shape index (κ2) is 9.78. The summed E-state index contributed by atoms with van der Waals surface area (Å²) in [6.45, 7) is 2.40. The third kappa shape index (κ3) is 9.14. The zero-order valence-corrected chi connectivity index (χ0v) is 7.69. The normalized spacial score (nSPS) is 7.00. The molecule has 0 saturated heterocycles. The van der Waals surface area contributed by atoms with Gasteiger partial charge in [0.1, 0.15) is 0 Å². The second-order valence-corrected chi connectivity index (χ2v) is 1.08. The van der Waals surface area contributed by atoms with E-state index in [1.165, 1.54) is 0 Å². The summed E-state index contributed by atoms with van der Waals surface area (Å²) in [5.41, 5.74) is 0. The zero-order chi connectivity index (χ0) is 4.12. The molecule has 0 atom stereocenters. The fourth-order valence-electron chi connectivity index (χ4n) is 0.158. The summed E-state index contributed by atoms with van der Waals surface area (Å²) in [5.74, 6) is 0. The van der Waals surface area contributed by atoms with E-state index in [1.807, 2.05) is 0 Å². The number of hydrogen-bond donors (Lipinski definition) is 1. The van der Waals surface area contributed by atoms with Gasteiger partial charge in [0.25, 0.3) is 0 Å². The van der Waals surface area contributed by atoms with E-state index in [0.29, 0.717) is 6.61 Å². The van der Waals surface area contributed by atoms with Crippen LogP contribution in [0.4, 0.5) is 0 Å². The molecule has 1 nitrogen and oxygen atoms in total. The predicted octanol–water partition coefficient (Wildman–Crippen LogP) is 0.398. The first-order valence-corrected chi connectivity index (χ1v) is 2.02. The minimum atomic E-state index is 0. The Morgan fingerprint density at radius 2 is 2.00 bits per heavy atom. The second-order valence-electron chi connectivity index (χ2n) is 1.08.